The maximum Gasteiger partial charge on any atom is 0.169 e. The van der Waals surface area contributed by atoms with E-state index in [-0.39, 0.29) is 11.7 Å². The molecule has 1 fully saturated rings. The van der Waals surface area contributed by atoms with Gasteiger partial charge < -0.3 is 9.47 Å². The fourth-order valence-electron chi connectivity index (χ4n) is 1.75. The van der Waals surface area contributed by atoms with Crippen LogP contribution in [0, 0.1) is 5.92 Å². The van der Waals surface area contributed by atoms with E-state index in [1.54, 1.807) is 19.2 Å². The third-order valence-corrected chi connectivity index (χ3v) is 2.86. The molecule has 1 saturated carbocycles. The van der Waals surface area contributed by atoms with Crippen LogP contribution >= 0.6 is 0 Å². The summed E-state index contributed by atoms with van der Waals surface area (Å²) in [5.41, 5.74) is 0.656. The first-order valence-corrected chi connectivity index (χ1v) is 6.11. The first-order chi connectivity index (χ1) is 8.26. The molecule has 1 aromatic carbocycles. The number of carbonyl (C=O) groups is 1. The van der Waals surface area contributed by atoms with Crippen molar-refractivity contribution in [1.82, 2.24) is 0 Å². The quantitative estimate of drug-likeness (QED) is 0.709. The molecule has 1 aromatic rings. The van der Waals surface area contributed by atoms with Crippen LogP contribution in [0.5, 0.6) is 11.5 Å². The molecule has 92 valence electrons. The Morgan fingerprint density at radius 2 is 2.18 bits per heavy atom. The molecule has 0 unspecified atom stereocenters. The van der Waals surface area contributed by atoms with Crippen LogP contribution in [0.4, 0.5) is 0 Å². The topological polar surface area (TPSA) is 35.5 Å². The Balaban J connectivity index is 2.22. The van der Waals surface area contributed by atoms with Crippen molar-refractivity contribution < 1.29 is 14.3 Å². The Morgan fingerprint density at radius 3 is 2.76 bits per heavy atom. The predicted octanol–water partition coefficient (Wildman–Crippen LogP) is 3.08. The van der Waals surface area contributed by atoms with E-state index >= 15 is 0 Å². The van der Waals surface area contributed by atoms with E-state index in [2.05, 4.69) is 6.92 Å². The average molecular weight is 234 g/mol. The highest BCUT2D eigenvalue weighted by Gasteiger charge is 2.32. The van der Waals surface area contributed by atoms with Crippen molar-refractivity contribution in [2.75, 3.05) is 13.7 Å². The van der Waals surface area contributed by atoms with Crippen molar-refractivity contribution in [3.05, 3.63) is 23.8 Å². The SMILES string of the molecule is CCCOc1ccc(OC)c(C(=O)C2CC2)c1. The lowest BCUT2D eigenvalue weighted by atomic mass is 10.1. The number of benzene rings is 1. The number of hydrogen-bond acceptors (Lipinski definition) is 3. The number of hydrogen-bond donors (Lipinski definition) is 0. The molecule has 0 amide bonds. The lowest BCUT2D eigenvalue weighted by molar-refractivity contribution is 0.0964. The molecule has 3 nitrogen and oxygen atoms in total. The summed E-state index contributed by atoms with van der Waals surface area (Å²) in [6, 6.07) is 5.45. The molecule has 17 heavy (non-hydrogen) atoms. The van der Waals surface area contributed by atoms with Gasteiger partial charge >= 0.3 is 0 Å². The Kier molecular flexibility index (Phi) is 3.67. The van der Waals surface area contributed by atoms with E-state index in [0.717, 1.165) is 25.0 Å². The van der Waals surface area contributed by atoms with Crippen LogP contribution in [0.25, 0.3) is 0 Å². The summed E-state index contributed by atoms with van der Waals surface area (Å²) in [7, 11) is 1.59. The molecule has 0 heterocycles. The Labute approximate surface area is 102 Å². The molecular weight excluding hydrogens is 216 g/mol. The van der Waals surface area contributed by atoms with Crippen LogP contribution in [-0.4, -0.2) is 19.5 Å². The minimum absolute atomic E-state index is 0.184. The molecule has 3 heteroatoms. The molecule has 0 atom stereocenters. The van der Waals surface area contributed by atoms with Crippen LogP contribution in [-0.2, 0) is 0 Å². The second-order valence-corrected chi connectivity index (χ2v) is 4.35. The van der Waals surface area contributed by atoms with Gasteiger partial charge in [-0.2, -0.15) is 0 Å². The van der Waals surface area contributed by atoms with Gasteiger partial charge in [0, 0.05) is 5.92 Å². The van der Waals surface area contributed by atoms with Crippen molar-refractivity contribution in [2.24, 2.45) is 5.92 Å². The lowest BCUT2D eigenvalue weighted by Crippen LogP contribution is -2.05. The van der Waals surface area contributed by atoms with E-state index < -0.39 is 0 Å². The highest BCUT2D eigenvalue weighted by atomic mass is 16.5. The van der Waals surface area contributed by atoms with Gasteiger partial charge in [0.2, 0.25) is 0 Å². The van der Waals surface area contributed by atoms with Gasteiger partial charge in [-0.1, -0.05) is 6.92 Å². The van der Waals surface area contributed by atoms with Crippen molar-refractivity contribution in [3.63, 3.8) is 0 Å². The van der Waals surface area contributed by atoms with E-state index in [4.69, 9.17) is 9.47 Å². The third kappa shape index (κ3) is 2.78. The van der Waals surface area contributed by atoms with E-state index in [0.29, 0.717) is 17.9 Å². The Bertz CT molecular complexity index is 408. The van der Waals surface area contributed by atoms with E-state index in [1.807, 2.05) is 6.07 Å². The molecule has 0 N–H and O–H groups in total. The van der Waals surface area contributed by atoms with Crippen LogP contribution in [0.15, 0.2) is 18.2 Å². The zero-order chi connectivity index (χ0) is 12.3. The summed E-state index contributed by atoms with van der Waals surface area (Å²) >= 11 is 0. The summed E-state index contributed by atoms with van der Waals surface area (Å²) in [6.45, 7) is 2.73. The zero-order valence-corrected chi connectivity index (χ0v) is 10.4. The lowest BCUT2D eigenvalue weighted by Gasteiger charge is -2.10. The molecular formula is C14H18O3. The monoisotopic (exact) mass is 234 g/mol. The second kappa shape index (κ2) is 5.21. The predicted molar refractivity (Wildman–Crippen MR) is 65.8 cm³/mol. The largest absolute Gasteiger partial charge is 0.496 e. The summed E-state index contributed by atoms with van der Waals surface area (Å²) in [5, 5.41) is 0. The van der Waals surface area contributed by atoms with Crippen LogP contribution in [0.2, 0.25) is 0 Å². The van der Waals surface area contributed by atoms with Crippen molar-refractivity contribution in [3.8, 4) is 11.5 Å². The molecule has 0 spiro atoms. The maximum atomic E-state index is 12.1. The van der Waals surface area contributed by atoms with Gasteiger partial charge in [0.05, 0.1) is 19.3 Å². The second-order valence-electron chi connectivity index (χ2n) is 4.35. The fourth-order valence-corrected chi connectivity index (χ4v) is 1.75. The zero-order valence-electron chi connectivity index (χ0n) is 10.4. The average Bonchev–Trinajstić information content (AvgIpc) is 3.19. The molecule has 0 saturated heterocycles. The van der Waals surface area contributed by atoms with Crippen molar-refractivity contribution >= 4 is 5.78 Å². The summed E-state index contributed by atoms with van der Waals surface area (Å²) < 4.78 is 10.8. The van der Waals surface area contributed by atoms with Gasteiger partial charge in [-0.3, -0.25) is 4.79 Å². The van der Waals surface area contributed by atoms with Gasteiger partial charge in [0.25, 0.3) is 0 Å². The smallest absolute Gasteiger partial charge is 0.169 e. The number of ether oxygens (including phenoxy) is 2. The third-order valence-electron chi connectivity index (χ3n) is 2.86. The standard InChI is InChI=1S/C14H18O3/c1-3-8-17-11-6-7-13(16-2)12(9-11)14(15)10-4-5-10/h6-7,9-10H,3-5,8H2,1-2H3. The molecule has 0 radical (unpaired) electrons. The van der Waals surface area contributed by atoms with Crippen LogP contribution < -0.4 is 9.47 Å². The summed E-state index contributed by atoms with van der Waals surface area (Å²) in [4.78, 5) is 12.1. The molecule has 0 bridgehead atoms. The first kappa shape index (κ1) is 12.0. The molecule has 2 rings (SSSR count). The first-order valence-electron chi connectivity index (χ1n) is 6.11. The number of Topliss-reactive ketones (excluding diaryl/α,β-unsaturated/α-hetero) is 1. The van der Waals surface area contributed by atoms with Gasteiger partial charge in [-0.15, -0.1) is 0 Å². The minimum atomic E-state index is 0.184. The van der Waals surface area contributed by atoms with E-state index in [1.165, 1.54) is 0 Å². The van der Waals surface area contributed by atoms with Gasteiger partial charge in [-0.25, -0.2) is 0 Å². The number of rotatable bonds is 6. The Hall–Kier alpha value is -1.51. The van der Waals surface area contributed by atoms with Crippen LogP contribution in [0.3, 0.4) is 0 Å². The van der Waals surface area contributed by atoms with Gasteiger partial charge in [0.15, 0.2) is 5.78 Å². The summed E-state index contributed by atoms with van der Waals surface area (Å²) in [5.74, 6) is 1.77. The van der Waals surface area contributed by atoms with Gasteiger partial charge in [0.1, 0.15) is 11.5 Å². The molecule has 0 aliphatic heterocycles. The highest BCUT2D eigenvalue weighted by Crippen LogP contribution is 2.36. The fraction of sp³-hybridized carbons (Fsp3) is 0.500. The normalized spacial score (nSPS) is 14.5. The minimum Gasteiger partial charge on any atom is -0.496 e. The van der Waals surface area contributed by atoms with Crippen molar-refractivity contribution in [1.29, 1.82) is 0 Å². The Morgan fingerprint density at radius 1 is 1.41 bits per heavy atom. The molecule has 1 aliphatic carbocycles. The van der Waals surface area contributed by atoms with Gasteiger partial charge in [-0.05, 0) is 37.5 Å². The maximum absolute atomic E-state index is 12.1. The molecule has 1 aliphatic rings. The van der Waals surface area contributed by atoms with E-state index in [9.17, 15) is 4.79 Å². The number of ketones is 1. The van der Waals surface area contributed by atoms with Crippen LogP contribution in [0.1, 0.15) is 36.5 Å². The summed E-state index contributed by atoms with van der Waals surface area (Å²) in [6.07, 6.45) is 2.96. The van der Waals surface area contributed by atoms with Crippen molar-refractivity contribution in [2.45, 2.75) is 26.2 Å². The number of carbonyl (C=O) groups excluding carboxylic acids is 1. The number of methoxy groups -OCH3 is 1. The molecule has 0 aromatic heterocycles. The highest BCUT2D eigenvalue weighted by molar-refractivity contribution is 6.02.